The molecule has 5 heteroatoms. The Morgan fingerprint density at radius 3 is 2.67 bits per heavy atom. The molecule has 0 radical (unpaired) electrons. The average Bonchev–Trinajstić information content (AvgIpc) is 2.85. The Bertz CT molecular complexity index is 641. The summed E-state index contributed by atoms with van der Waals surface area (Å²) < 4.78 is 1.69. The van der Waals surface area contributed by atoms with E-state index in [1.807, 2.05) is 31.2 Å². The number of aromatic nitrogens is 2. The summed E-state index contributed by atoms with van der Waals surface area (Å²) in [5.74, 6) is -0.156. The summed E-state index contributed by atoms with van der Waals surface area (Å²) in [7, 11) is 1.67. The third kappa shape index (κ3) is 3.70. The van der Waals surface area contributed by atoms with Crippen LogP contribution in [0.4, 0.5) is 0 Å². The van der Waals surface area contributed by atoms with Crippen molar-refractivity contribution >= 4 is 5.91 Å². The van der Waals surface area contributed by atoms with E-state index in [9.17, 15) is 9.90 Å². The van der Waals surface area contributed by atoms with Gasteiger partial charge < -0.3 is 10.0 Å². The summed E-state index contributed by atoms with van der Waals surface area (Å²) in [6.07, 6.45) is 3.27. The molecule has 1 heterocycles. The van der Waals surface area contributed by atoms with Gasteiger partial charge in [0, 0.05) is 19.8 Å². The zero-order valence-corrected chi connectivity index (χ0v) is 12.9. The molecule has 1 amide bonds. The standard InChI is InChI=1S/C16H21N3O2/c1-12-7-5-6-8-14(12)19-10-13(9-17-19)15(20)18(4)11-16(2,3)21/h5-10,21H,11H2,1-4H3. The number of aliphatic hydroxyl groups is 1. The highest BCUT2D eigenvalue weighted by molar-refractivity contribution is 5.93. The first-order valence-electron chi connectivity index (χ1n) is 6.86. The predicted octanol–water partition coefficient (Wildman–Crippen LogP) is 2.02. The van der Waals surface area contributed by atoms with E-state index in [-0.39, 0.29) is 12.5 Å². The maximum atomic E-state index is 12.3. The second-order valence-electron chi connectivity index (χ2n) is 5.93. The molecule has 0 unspecified atom stereocenters. The van der Waals surface area contributed by atoms with Gasteiger partial charge in [-0.3, -0.25) is 4.79 Å². The Hall–Kier alpha value is -2.14. The van der Waals surface area contributed by atoms with Crippen molar-refractivity contribution in [2.24, 2.45) is 0 Å². The molecule has 0 saturated heterocycles. The van der Waals surface area contributed by atoms with Gasteiger partial charge in [0.25, 0.3) is 5.91 Å². The van der Waals surface area contributed by atoms with E-state index < -0.39 is 5.60 Å². The van der Waals surface area contributed by atoms with Crippen LogP contribution in [0.2, 0.25) is 0 Å². The van der Waals surface area contributed by atoms with E-state index in [1.54, 1.807) is 38.0 Å². The van der Waals surface area contributed by atoms with E-state index in [0.717, 1.165) is 11.3 Å². The Morgan fingerprint density at radius 1 is 1.38 bits per heavy atom. The molecule has 1 aromatic carbocycles. The third-order valence-corrected chi connectivity index (χ3v) is 3.16. The number of amides is 1. The van der Waals surface area contributed by atoms with Crippen LogP contribution in [0, 0.1) is 6.92 Å². The fourth-order valence-electron chi connectivity index (χ4n) is 2.26. The lowest BCUT2D eigenvalue weighted by molar-refractivity contribution is 0.0368. The molecule has 2 rings (SSSR count). The molecule has 0 bridgehead atoms. The van der Waals surface area contributed by atoms with Crippen molar-refractivity contribution in [1.82, 2.24) is 14.7 Å². The van der Waals surface area contributed by atoms with Gasteiger partial charge >= 0.3 is 0 Å². The lowest BCUT2D eigenvalue weighted by Crippen LogP contribution is -2.39. The van der Waals surface area contributed by atoms with E-state index in [2.05, 4.69) is 5.10 Å². The molecule has 0 spiro atoms. The molecule has 0 atom stereocenters. The Labute approximate surface area is 124 Å². The summed E-state index contributed by atoms with van der Waals surface area (Å²) in [4.78, 5) is 13.8. The molecule has 0 aliphatic rings. The number of rotatable bonds is 4. The van der Waals surface area contributed by atoms with Crippen molar-refractivity contribution in [3.63, 3.8) is 0 Å². The molecular formula is C16H21N3O2. The molecule has 0 aliphatic carbocycles. The molecule has 2 aromatic rings. The molecule has 0 fully saturated rings. The van der Waals surface area contributed by atoms with Crippen LogP contribution in [0.1, 0.15) is 29.8 Å². The number of hydrogen-bond acceptors (Lipinski definition) is 3. The van der Waals surface area contributed by atoms with Gasteiger partial charge in [0.2, 0.25) is 0 Å². The summed E-state index contributed by atoms with van der Waals surface area (Å²) >= 11 is 0. The van der Waals surface area contributed by atoms with Crippen LogP contribution in [0.5, 0.6) is 0 Å². The first kappa shape index (κ1) is 15.3. The van der Waals surface area contributed by atoms with Gasteiger partial charge in [0.1, 0.15) is 0 Å². The molecule has 5 nitrogen and oxygen atoms in total. The molecule has 112 valence electrons. The van der Waals surface area contributed by atoms with Crippen molar-refractivity contribution in [3.8, 4) is 5.69 Å². The maximum Gasteiger partial charge on any atom is 0.256 e. The van der Waals surface area contributed by atoms with Crippen LogP contribution in [0.25, 0.3) is 5.69 Å². The zero-order chi connectivity index (χ0) is 15.6. The van der Waals surface area contributed by atoms with Crippen molar-refractivity contribution < 1.29 is 9.90 Å². The molecule has 1 aromatic heterocycles. The van der Waals surface area contributed by atoms with Crippen LogP contribution in [-0.4, -0.2) is 44.9 Å². The Morgan fingerprint density at radius 2 is 2.05 bits per heavy atom. The lowest BCUT2D eigenvalue weighted by atomic mass is 10.1. The molecular weight excluding hydrogens is 266 g/mol. The van der Waals surface area contributed by atoms with Crippen LogP contribution in [-0.2, 0) is 0 Å². The number of likely N-dealkylation sites (N-methyl/N-ethyl adjacent to an activating group) is 1. The first-order chi connectivity index (χ1) is 9.78. The molecule has 0 saturated carbocycles. The summed E-state index contributed by atoms with van der Waals surface area (Å²) in [6, 6.07) is 7.85. The number of carbonyl (C=O) groups excluding carboxylic acids is 1. The van der Waals surface area contributed by atoms with E-state index in [4.69, 9.17) is 0 Å². The highest BCUT2D eigenvalue weighted by atomic mass is 16.3. The van der Waals surface area contributed by atoms with Crippen molar-refractivity contribution in [3.05, 3.63) is 47.8 Å². The van der Waals surface area contributed by atoms with Gasteiger partial charge in [-0.05, 0) is 32.4 Å². The summed E-state index contributed by atoms with van der Waals surface area (Å²) in [6.45, 7) is 5.61. The van der Waals surface area contributed by atoms with Gasteiger partial charge in [-0.1, -0.05) is 18.2 Å². The Balaban J connectivity index is 2.20. The number of nitrogens with zero attached hydrogens (tertiary/aromatic N) is 3. The molecule has 21 heavy (non-hydrogen) atoms. The highest BCUT2D eigenvalue weighted by Gasteiger charge is 2.21. The van der Waals surface area contributed by atoms with Crippen molar-refractivity contribution in [2.45, 2.75) is 26.4 Å². The monoisotopic (exact) mass is 287 g/mol. The average molecular weight is 287 g/mol. The second kappa shape index (κ2) is 5.69. The minimum Gasteiger partial charge on any atom is -0.389 e. The molecule has 1 N–H and O–H groups in total. The second-order valence-corrected chi connectivity index (χ2v) is 5.93. The van der Waals surface area contributed by atoms with E-state index in [0.29, 0.717) is 5.56 Å². The van der Waals surface area contributed by atoms with Gasteiger partial charge in [-0.2, -0.15) is 5.10 Å². The van der Waals surface area contributed by atoms with Crippen LogP contribution in [0.3, 0.4) is 0 Å². The predicted molar refractivity (Wildman–Crippen MR) is 81.6 cm³/mol. The zero-order valence-electron chi connectivity index (χ0n) is 12.9. The first-order valence-corrected chi connectivity index (χ1v) is 6.86. The summed E-state index contributed by atoms with van der Waals surface area (Å²) in [5, 5.41) is 14.0. The van der Waals surface area contributed by atoms with Gasteiger partial charge in [0.15, 0.2) is 0 Å². The van der Waals surface area contributed by atoms with Gasteiger partial charge in [-0.25, -0.2) is 4.68 Å². The fraction of sp³-hybridized carbons (Fsp3) is 0.375. The van der Waals surface area contributed by atoms with E-state index >= 15 is 0 Å². The minimum atomic E-state index is -0.920. The van der Waals surface area contributed by atoms with E-state index in [1.165, 1.54) is 4.90 Å². The van der Waals surface area contributed by atoms with Crippen molar-refractivity contribution in [1.29, 1.82) is 0 Å². The maximum absolute atomic E-state index is 12.3. The fourth-order valence-corrected chi connectivity index (χ4v) is 2.26. The number of para-hydroxylation sites is 1. The largest absolute Gasteiger partial charge is 0.389 e. The summed E-state index contributed by atoms with van der Waals surface area (Å²) in [5.41, 5.74) is 1.62. The lowest BCUT2D eigenvalue weighted by Gasteiger charge is -2.25. The van der Waals surface area contributed by atoms with Gasteiger partial charge in [0.05, 0.1) is 23.0 Å². The van der Waals surface area contributed by atoms with Gasteiger partial charge in [-0.15, -0.1) is 0 Å². The van der Waals surface area contributed by atoms with Crippen LogP contribution < -0.4 is 0 Å². The SMILES string of the molecule is Cc1ccccc1-n1cc(C(=O)N(C)CC(C)(C)O)cn1. The van der Waals surface area contributed by atoms with Crippen LogP contribution in [0.15, 0.2) is 36.7 Å². The van der Waals surface area contributed by atoms with Crippen molar-refractivity contribution in [2.75, 3.05) is 13.6 Å². The Kier molecular flexibility index (Phi) is 4.14. The smallest absolute Gasteiger partial charge is 0.256 e. The normalized spacial score (nSPS) is 11.5. The number of carbonyl (C=O) groups is 1. The quantitative estimate of drug-likeness (QED) is 0.936. The van der Waals surface area contributed by atoms with Crippen LogP contribution >= 0.6 is 0 Å². The highest BCUT2D eigenvalue weighted by Crippen LogP contribution is 2.14. The minimum absolute atomic E-state index is 0.156. The molecule has 0 aliphatic heterocycles. The number of benzene rings is 1. The third-order valence-electron chi connectivity index (χ3n) is 3.16. The number of aryl methyl sites for hydroxylation is 1. The number of hydrogen-bond donors (Lipinski definition) is 1. The topological polar surface area (TPSA) is 58.4 Å².